The summed E-state index contributed by atoms with van der Waals surface area (Å²) in [5.74, 6) is 0.351. The van der Waals surface area contributed by atoms with Gasteiger partial charge in [-0.3, -0.25) is 0 Å². The van der Waals surface area contributed by atoms with Crippen molar-refractivity contribution in [3.8, 4) is 0 Å². The van der Waals surface area contributed by atoms with Crippen LogP contribution in [0.2, 0.25) is 0 Å². The number of rotatable bonds is 2. The largest absolute Gasteiger partial charge is 0.393 e. The summed E-state index contributed by atoms with van der Waals surface area (Å²) >= 11 is 0. The molecule has 1 aliphatic carbocycles. The quantitative estimate of drug-likeness (QED) is 0.616. The molecule has 0 saturated heterocycles. The third-order valence-corrected chi connectivity index (χ3v) is 2.45. The highest BCUT2D eigenvalue weighted by atomic mass is 16.3. The molecular formula is C10H18O2. The fourth-order valence-electron chi connectivity index (χ4n) is 1.70. The van der Waals surface area contributed by atoms with E-state index in [1.165, 1.54) is 5.57 Å². The molecule has 0 bridgehead atoms. The van der Waals surface area contributed by atoms with E-state index in [1.807, 2.05) is 0 Å². The van der Waals surface area contributed by atoms with E-state index in [0.717, 1.165) is 19.3 Å². The number of hydrogen-bond donors (Lipinski definition) is 2. The normalized spacial score (nSPS) is 32.8. The molecular weight excluding hydrogens is 152 g/mol. The van der Waals surface area contributed by atoms with Crippen molar-refractivity contribution < 1.29 is 10.2 Å². The summed E-state index contributed by atoms with van der Waals surface area (Å²) in [6, 6.07) is 0. The van der Waals surface area contributed by atoms with Gasteiger partial charge in [0.2, 0.25) is 0 Å². The van der Waals surface area contributed by atoms with Gasteiger partial charge in [-0.1, -0.05) is 18.6 Å². The zero-order valence-electron chi connectivity index (χ0n) is 7.83. The highest BCUT2D eigenvalue weighted by Gasteiger charge is 2.19. The second-order valence-electron chi connectivity index (χ2n) is 3.90. The van der Waals surface area contributed by atoms with Crippen LogP contribution in [0.15, 0.2) is 11.6 Å². The lowest BCUT2D eigenvalue weighted by molar-refractivity contribution is 0.109. The van der Waals surface area contributed by atoms with Crippen LogP contribution in [0.5, 0.6) is 0 Å². The number of aliphatic hydroxyl groups excluding tert-OH is 2. The Balaban J connectivity index is 2.46. The highest BCUT2D eigenvalue weighted by Crippen LogP contribution is 2.26. The Morgan fingerprint density at radius 2 is 2.33 bits per heavy atom. The minimum absolute atomic E-state index is 0.178. The Kier molecular flexibility index (Phi) is 3.29. The van der Waals surface area contributed by atoms with Gasteiger partial charge in [-0.2, -0.15) is 0 Å². The summed E-state index contributed by atoms with van der Waals surface area (Å²) in [6.07, 6.45) is 4.09. The van der Waals surface area contributed by atoms with Crippen LogP contribution in [0.25, 0.3) is 0 Å². The van der Waals surface area contributed by atoms with Crippen LogP contribution in [-0.2, 0) is 0 Å². The summed E-state index contributed by atoms with van der Waals surface area (Å²) in [5.41, 5.74) is 1.29. The molecule has 0 unspecified atom stereocenters. The lowest BCUT2D eigenvalue weighted by atomic mass is 9.86. The molecule has 2 heteroatoms. The highest BCUT2D eigenvalue weighted by molar-refractivity contribution is 5.09. The van der Waals surface area contributed by atoms with Gasteiger partial charge in [-0.15, -0.1) is 0 Å². The lowest BCUT2D eigenvalue weighted by Gasteiger charge is -2.25. The van der Waals surface area contributed by atoms with Crippen molar-refractivity contribution in [1.29, 1.82) is 0 Å². The lowest BCUT2D eigenvalue weighted by Crippen LogP contribution is -2.22. The molecule has 0 heterocycles. The van der Waals surface area contributed by atoms with Gasteiger partial charge in [0.05, 0.1) is 12.2 Å². The summed E-state index contributed by atoms with van der Waals surface area (Å²) < 4.78 is 0. The van der Waals surface area contributed by atoms with Crippen LogP contribution in [-0.4, -0.2) is 22.4 Å². The Labute approximate surface area is 73.9 Å². The van der Waals surface area contributed by atoms with Crippen LogP contribution in [0, 0.1) is 5.92 Å². The first-order chi connectivity index (χ1) is 5.59. The van der Waals surface area contributed by atoms with Gasteiger partial charge < -0.3 is 10.2 Å². The van der Waals surface area contributed by atoms with Crippen molar-refractivity contribution in [3.63, 3.8) is 0 Å². The Morgan fingerprint density at radius 1 is 1.67 bits per heavy atom. The van der Waals surface area contributed by atoms with E-state index in [2.05, 4.69) is 13.0 Å². The minimum atomic E-state index is -0.251. The van der Waals surface area contributed by atoms with Crippen LogP contribution in [0.1, 0.15) is 33.1 Å². The third-order valence-electron chi connectivity index (χ3n) is 2.45. The third kappa shape index (κ3) is 2.61. The number of aliphatic hydroxyl groups is 2. The summed E-state index contributed by atoms with van der Waals surface area (Å²) in [5, 5.41) is 18.6. The molecule has 0 fully saturated rings. The molecule has 2 N–H and O–H groups in total. The first-order valence-electron chi connectivity index (χ1n) is 4.63. The van der Waals surface area contributed by atoms with Gasteiger partial charge in [-0.25, -0.2) is 0 Å². The molecule has 0 spiro atoms. The van der Waals surface area contributed by atoms with E-state index >= 15 is 0 Å². The predicted molar refractivity (Wildman–Crippen MR) is 48.8 cm³/mol. The zero-order valence-corrected chi connectivity index (χ0v) is 7.83. The van der Waals surface area contributed by atoms with Crippen molar-refractivity contribution >= 4 is 0 Å². The van der Waals surface area contributed by atoms with E-state index in [-0.39, 0.29) is 12.2 Å². The molecule has 1 rings (SSSR count). The fourth-order valence-corrected chi connectivity index (χ4v) is 1.70. The van der Waals surface area contributed by atoms with E-state index in [4.69, 9.17) is 5.11 Å². The molecule has 0 radical (unpaired) electrons. The fraction of sp³-hybridized carbons (Fsp3) is 0.800. The zero-order chi connectivity index (χ0) is 9.14. The summed E-state index contributed by atoms with van der Waals surface area (Å²) in [7, 11) is 0. The molecule has 1 aliphatic rings. The molecule has 0 saturated carbocycles. The van der Waals surface area contributed by atoms with Crippen LogP contribution in [0.3, 0.4) is 0 Å². The van der Waals surface area contributed by atoms with E-state index < -0.39 is 0 Å². The molecule has 0 amide bonds. The molecule has 3 atom stereocenters. The Bertz CT molecular complexity index is 173. The maximum atomic E-state index is 9.42. The van der Waals surface area contributed by atoms with Crippen LogP contribution >= 0.6 is 0 Å². The smallest absolute Gasteiger partial charge is 0.0603 e. The second kappa shape index (κ2) is 4.06. The van der Waals surface area contributed by atoms with Crippen molar-refractivity contribution in [2.45, 2.75) is 45.3 Å². The van der Waals surface area contributed by atoms with Crippen LogP contribution < -0.4 is 0 Å². The summed E-state index contributed by atoms with van der Waals surface area (Å²) in [6.45, 7) is 3.86. The maximum Gasteiger partial charge on any atom is 0.0603 e. The maximum absolute atomic E-state index is 9.42. The first-order valence-corrected chi connectivity index (χ1v) is 4.63. The molecule has 0 aromatic heterocycles. The molecule has 70 valence electrons. The van der Waals surface area contributed by atoms with Gasteiger partial charge in [-0.05, 0) is 32.1 Å². The van der Waals surface area contributed by atoms with Crippen molar-refractivity contribution in [2.24, 2.45) is 5.92 Å². The van der Waals surface area contributed by atoms with Crippen LogP contribution in [0.4, 0.5) is 0 Å². The summed E-state index contributed by atoms with van der Waals surface area (Å²) in [4.78, 5) is 0. The average molecular weight is 170 g/mol. The van der Waals surface area contributed by atoms with Gasteiger partial charge >= 0.3 is 0 Å². The Morgan fingerprint density at radius 3 is 2.83 bits per heavy atom. The first kappa shape index (κ1) is 9.75. The van der Waals surface area contributed by atoms with E-state index in [0.29, 0.717) is 5.92 Å². The van der Waals surface area contributed by atoms with Gasteiger partial charge in [0.15, 0.2) is 0 Å². The standard InChI is InChI=1S/C10H18O2/c1-7-5-9(6-8(2)11)3-4-10(7)12/h3,7-8,10-12H,4-6H2,1-2H3/t7-,8-,10+/m0/s1. The molecule has 0 aromatic rings. The van der Waals surface area contributed by atoms with E-state index in [1.54, 1.807) is 6.92 Å². The minimum Gasteiger partial charge on any atom is -0.393 e. The van der Waals surface area contributed by atoms with Crippen molar-refractivity contribution in [3.05, 3.63) is 11.6 Å². The SMILES string of the molecule is C[C@H](O)CC1=CC[C@@H](O)[C@@H](C)C1. The monoisotopic (exact) mass is 170 g/mol. The topological polar surface area (TPSA) is 40.5 Å². The van der Waals surface area contributed by atoms with Crippen molar-refractivity contribution in [1.82, 2.24) is 0 Å². The number of hydrogen-bond acceptors (Lipinski definition) is 2. The van der Waals surface area contributed by atoms with Crippen molar-refractivity contribution in [2.75, 3.05) is 0 Å². The molecule has 0 aromatic carbocycles. The van der Waals surface area contributed by atoms with Gasteiger partial charge in [0, 0.05) is 0 Å². The second-order valence-corrected chi connectivity index (χ2v) is 3.90. The Hall–Kier alpha value is -0.340. The predicted octanol–water partition coefficient (Wildman–Crippen LogP) is 1.47. The van der Waals surface area contributed by atoms with Gasteiger partial charge in [0.1, 0.15) is 0 Å². The molecule has 12 heavy (non-hydrogen) atoms. The molecule has 2 nitrogen and oxygen atoms in total. The average Bonchev–Trinajstić information content (AvgIpc) is 1.96. The van der Waals surface area contributed by atoms with Gasteiger partial charge in [0.25, 0.3) is 0 Å². The van der Waals surface area contributed by atoms with E-state index in [9.17, 15) is 5.11 Å². The molecule has 0 aliphatic heterocycles.